The Bertz CT molecular complexity index is 132. The van der Waals surface area contributed by atoms with Gasteiger partial charge < -0.3 is 10.1 Å². The maximum atomic E-state index is 10.5. The lowest BCUT2D eigenvalue weighted by Gasteiger charge is -2.04. The van der Waals surface area contributed by atoms with E-state index in [0.29, 0.717) is 13.2 Å². The summed E-state index contributed by atoms with van der Waals surface area (Å²) >= 11 is 0. The van der Waals surface area contributed by atoms with Crippen molar-refractivity contribution in [1.82, 2.24) is 5.32 Å². The fraction of sp³-hybridized carbons (Fsp3) is 0.917. The van der Waals surface area contributed by atoms with Crippen LogP contribution < -0.4 is 5.32 Å². The Morgan fingerprint density at radius 1 is 1.20 bits per heavy atom. The van der Waals surface area contributed by atoms with E-state index >= 15 is 0 Å². The van der Waals surface area contributed by atoms with Crippen LogP contribution >= 0.6 is 0 Å². The van der Waals surface area contributed by atoms with E-state index < -0.39 is 0 Å². The summed E-state index contributed by atoms with van der Waals surface area (Å²) in [5, 5.41) is 2.68. The van der Waals surface area contributed by atoms with Crippen molar-refractivity contribution < 1.29 is 11.0 Å². The topological polar surface area (TPSA) is 38.3 Å². The molecule has 94 valence electrons. The van der Waals surface area contributed by atoms with Crippen LogP contribution in [0.4, 0.5) is 0 Å². The van der Waals surface area contributed by atoms with Crippen molar-refractivity contribution in [3.05, 3.63) is 0 Å². The molecule has 3 nitrogen and oxygen atoms in total. The lowest BCUT2D eigenvalue weighted by atomic mass is 10.2. The molecule has 0 spiro atoms. The molecular formula is C12H29NO2. The Morgan fingerprint density at radius 3 is 2.40 bits per heavy atom. The third-order valence-electron chi connectivity index (χ3n) is 1.76. The van der Waals surface area contributed by atoms with Gasteiger partial charge >= 0.3 is 0 Å². The SMILES string of the molecule is CC.CCCCCCOCCNC(C)=O.[HH]. The van der Waals surface area contributed by atoms with E-state index in [1.165, 1.54) is 26.2 Å². The average molecular weight is 219 g/mol. The number of nitrogens with one attached hydrogen (secondary N) is 1. The molecule has 0 fully saturated rings. The quantitative estimate of drug-likeness (QED) is 0.637. The highest BCUT2D eigenvalue weighted by atomic mass is 16.5. The Hall–Kier alpha value is -0.570. The highest BCUT2D eigenvalue weighted by Crippen LogP contribution is 1.98. The first-order chi connectivity index (χ1) is 7.27. The fourth-order valence-electron chi connectivity index (χ4n) is 1.03. The molecule has 0 aliphatic carbocycles. The number of carbonyl (C=O) groups is 1. The minimum Gasteiger partial charge on any atom is -0.380 e. The molecule has 3 heteroatoms. The first-order valence-electron chi connectivity index (χ1n) is 6.09. The minimum atomic E-state index is 0. The monoisotopic (exact) mass is 219 g/mol. The van der Waals surface area contributed by atoms with Gasteiger partial charge in [-0.05, 0) is 6.42 Å². The van der Waals surface area contributed by atoms with Crippen molar-refractivity contribution in [3.8, 4) is 0 Å². The van der Waals surface area contributed by atoms with Crippen LogP contribution in [0.25, 0.3) is 0 Å². The standard InChI is InChI=1S/C10H21NO2.C2H6.H2/c1-3-4-5-6-8-13-9-7-11-10(2)12;1-2;/h3-9H2,1-2H3,(H,11,12);1-2H3;1H. The second-order valence-corrected chi connectivity index (χ2v) is 3.16. The molecule has 0 rings (SSSR count). The summed E-state index contributed by atoms with van der Waals surface area (Å²) in [6.45, 7) is 9.79. The Kier molecular flexibility index (Phi) is 17.8. The second kappa shape index (κ2) is 15.9. The molecule has 0 bridgehead atoms. The molecule has 0 heterocycles. The van der Waals surface area contributed by atoms with Gasteiger partial charge in [0.1, 0.15) is 0 Å². The minimum absolute atomic E-state index is 0. The maximum Gasteiger partial charge on any atom is 0.216 e. The molecule has 0 aliphatic rings. The number of carbonyl (C=O) groups excluding carboxylic acids is 1. The van der Waals surface area contributed by atoms with Gasteiger partial charge in [0, 0.05) is 21.5 Å². The van der Waals surface area contributed by atoms with Crippen molar-refractivity contribution in [1.29, 1.82) is 0 Å². The summed E-state index contributed by atoms with van der Waals surface area (Å²) in [6.07, 6.45) is 4.92. The van der Waals surface area contributed by atoms with E-state index in [1.807, 2.05) is 13.8 Å². The van der Waals surface area contributed by atoms with Gasteiger partial charge in [0.15, 0.2) is 0 Å². The number of hydrogen-bond acceptors (Lipinski definition) is 2. The van der Waals surface area contributed by atoms with Crippen LogP contribution in [0, 0.1) is 0 Å². The summed E-state index contributed by atoms with van der Waals surface area (Å²) < 4.78 is 5.32. The van der Waals surface area contributed by atoms with Gasteiger partial charge in [-0.15, -0.1) is 0 Å². The number of amides is 1. The van der Waals surface area contributed by atoms with Crippen molar-refractivity contribution in [2.45, 2.75) is 53.4 Å². The van der Waals surface area contributed by atoms with Crippen LogP contribution in [0.2, 0.25) is 0 Å². The second-order valence-electron chi connectivity index (χ2n) is 3.16. The molecule has 0 aromatic heterocycles. The van der Waals surface area contributed by atoms with Gasteiger partial charge in [0.2, 0.25) is 5.91 Å². The van der Waals surface area contributed by atoms with Gasteiger partial charge in [0.05, 0.1) is 6.61 Å². The van der Waals surface area contributed by atoms with E-state index in [1.54, 1.807) is 0 Å². The van der Waals surface area contributed by atoms with Gasteiger partial charge in [0.25, 0.3) is 0 Å². The largest absolute Gasteiger partial charge is 0.380 e. The molecule has 0 unspecified atom stereocenters. The van der Waals surface area contributed by atoms with Crippen LogP contribution in [0.3, 0.4) is 0 Å². The Labute approximate surface area is 96.1 Å². The molecule has 1 N–H and O–H groups in total. The Balaban J connectivity index is -0.000000529. The molecule has 0 radical (unpaired) electrons. The van der Waals surface area contributed by atoms with Crippen LogP contribution in [-0.2, 0) is 9.53 Å². The van der Waals surface area contributed by atoms with Gasteiger partial charge in [-0.3, -0.25) is 4.79 Å². The van der Waals surface area contributed by atoms with E-state index in [2.05, 4.69) is 12.2 Å². The highest BCUT2D eigenvalue weighted by molar-refractivity contribution is 5.72. The van der Waals surface area contributed by atoms with Crippen LogP contribution in [-0.4, -0.2) is 25.7 Å². The fourth-order valence-corrected chi connectivity index (χ4v) is 1.03. The zero-order chi connectivity index (χ0) is 11.9. The third-order valence-corrected chi connectivity index (χ3v) is 1.76. The van der Waals surface area contributed by atoms with Crippen LogP contribution in [0.15, 0.2) is 0 Å². The molecule has 0 aromatic rings. The number of unbranched alkanes of at least 4 members (excludes halogenated alkanes) is 3. The number of rotatable bonds is 8. The smallest absolute Gasteiger partial charge is 0.216 e. The zero-order valence-corrected chi connectivity index (χ0v) is 10.8. The summed E-state index contributed by atoms with van der Waals surface area (Å²) in [4.78, 5) is 10.5. The molecule has 1 amide bonds. The van der Waals surface area contributed by atoms with Gasteiger partial charge in [-0.25, -0.2) is 0 Å². The Morgan fingerprint density at radius 2 is 1.87 bits per heavy atom. The summed E-state index contributed by atoms with van der Waals surface area (Å²) in [5.74, 6) is 0.00887. The van der Waals surface area contributed by atoms with Gasteiger partial charge in [-0.1, -0.05) is 40.0 Å². The van der Waals surface area contributed by atoms with Crippen molar-refractivity contribution in [3.63, 3.8) is 0 Å². The molecule has 0 saturated heterocycles. The summed E-state index contributed by atoms with van der Waals surface area (Å²) in [5.41, 5.74) is 0. The lowest BCUT2D eigenvalue weighted by Crippen LogP contribution is -2.24. The summed E-state index contributed by atoms with van der Waals surface area (Å²) in [6, 6.07) is 0. The van der Waals surface area contributed by atoms with E-state index in [4.69, 9.17) is 4.74 Å². The average Bonchev–Trinajstić information content (AvgIpc) is 2.24. The molecule has 0 aromatic carbocycles. The van der Waals surface area contributed by atoms with Crippen molar-refractivity contribution in [2.24, 2.45) is 0 Å². The molecule has 15 heavy (non-hydrogen) atoms. The molecule has 0 aliphatic heterocycles. The lowest BCUT2D eigenvalue weighted by molar-refractivity contribution is -0.119. The van der Waals surface area contributed by atoms with E-state index in [0.717, 1.165) is 13.0 Å². The first-order valence-corrected chi connectivity index (χ1v) is 6.09. The van der Waals surface area contributed by atoms with Crippen LogP contribution in [0.5, 0.6) is 0 Å². The highest BCUT2D eigenvalue weighted by Gasteiger charge is 1.91. The zero-order valence-electron chi connectivity index (χ0n) is 10.8. The predicted octanol–water partition coefficient (Wildman–Crippen LogP) is 2.99. The molecule has 0 atom stereocenters. The van der Waals surface area contributed by atoms with E-state index in [-0.39, 0.29) is 7.33 Å². The number of ether oxygens (including phenoxy) is 1. The summed E-state index contributed by atoms with van der Waals surface area (Å²) in [7, 11) is 0. The maximum absolute atomic E-state index is 10.5. The van der Waals surface area contributed by atoms with Crippen molar-refractivity contribution in [2.75, 3.05) is 19.8 Å². The normalized spacial score (nSPS) is 9.07. The first kappa shape index (κ1) is 16.8. The molecular weight excluding hydrogens is 190 g/mol. The number of hydrogen-bond donors (Lipinski definition) is 1. The van der Waals surface area contributed by atoms with Gasteiger partial charge in [-0.2, -0.15) is 0 Å². The molecule has 0 saturated carbocycles. The predicted molar refractivity (Wildman–Crippen MR) is 67.1 cm³/mol. The third kappa shape index (κ3) is 19.7. The van der Waals surface area contributed by atoms with Crippen molar-refractivity contribution >= 4 is 5.91 Å². The van der Waals surface area contributed by atoms with Crippen LogP contribution in [0.1, 0.15) is 54.8 Å². The van der Waals surface area contributed by atoms with E-state index in [9.17, 15) is 4.79 Å².